The summed E-state index contributed by atoms with van der Waals surface area (Å²) < 4.78 is 18.5. The number of rotatable bonds is 3. The van der Waals surface area contributed by atoms with Crippen molar-refractivity contribution in [2.75, 3.05) is 13.7 Å². The lowest BCUT2D eigenvalue weighted by Crippen LogP contribution is -1.96. The molecule has 2 nitrogen and oxygen atoms in total. The van der Waals surface area contributed by atoms with Crippen LogP contribution in [-0.4, -0.2) is 13.7 Å². The van der Waals surface area contributed by atoms with Gasteiger partial charge in [-0.05, 0) is 13.0 Å². The van der Waals surface area contributed by atoms with Gasteiger partial charge in [-0.2, -0.15) is 0 Å². The Hall–Kier alpha value is -1.06. The summed E-state index contributed by atoms with van der Waals surface area (Å²) in [5, 5.41) is 0.0879. The van der Waals surface area contributed by atoms with E-state index in [0.29, 0.717) is 17.9 Å². The van der Waals surface area contributed by atoms with Gasteiger partial charge in [-0.1, -0.05) is 23.8 Å². The molecule has 0 aromatic heterocycles. The van der Waals surface area contributed by atoms with Crippen molar-refractivity contribution in [1.29, 1.82) is 0 Å². The molecule has 1 aromatic rings. The third-order valence-electron chi connectivity index (χ3n) is 2.06. The first-order valence-corrected chi connectivity index (χ1v) is 4.88. The van der Waals surface area contributed by atoms with Gasteiger partial charge >= 0.3 is 0 Å². The molecule has 0 radical (unpaired) electrons. The van der Waals surface area contributed by atoms with Gasteiger partial charge < -0.3 is 10.5 Å². The van der Waals surface area contributed by atoms with Gasteiger partial charge in [-0.3, -0.25) is 0 Å². The molecule has 0 heterocycles. The molecule has 2 N–H and O–H groups in total. The molecule has 0 spiro atoms. The number of ether oxygens (including phenoxy) is 1. The van der Waals surface area contributed by atoms with Crippen LogP contribution in [0.2, 0.25) is 5.02 Å². The van der Waals surface area contributed by atoms with Crippen LogP contribution < -0.4 is 10.5 Å². The maximum Gasteiger partial charge on any atom is 0.148 e. The fraction of sp³-hybridized carbons (Fsp3) is 0.273. The second kappa shape index (κ2) is 5.14. The van der Waals surface area contributed by atoms with Crippen molar-refractivity contribution < 1.29 is 9.13 Å². The predicted molar refractivity (Wildman–Crippen MR) is 60.8 cm³/mol. The topological polar surface area (TPSA) is 35.2 Å². The van der Waals surface area contributed by atoms with E-state index in [1.165, 1.54) is 13.2 Å². The summed E-state index contributed by atoms with van der Waals surface area (Å²) >= 11 is 5.73. The lowest BCUT2D eigenvalue weighted by atomic mass is 10.1. The van der Waals surface area contributed by atoms with Crippen LogP contribution in [0.1, 0.15) is 11.1 Å². The van der Waals surface area contributed by atoms with Gasteiger partial charge in [0.2, 0.25) is 0 Å². The first kappa shape index (κ1) is 12.0. The summed E-state index contributed by atoms with van der Waals surface area (Å²) in [5.74, 6) is 0.0417. The van der Waals surface area contributed by atoms with Crippen LogP contribution in [-0.2, 0) is 0 Å². The molecule has 0 unspecified atom stereocenters. The molecule has 1 rings (SSSR count). The predicted octanol–water partition coefficient (Wildman–Crippen LogP) is 2.77. The standard InChI is InChI=1S/C11H13ClFNO/c1-7-10(13)9(12)6-8(4-3-5-14)11(7)15-2/h3-4,6H,5,14H2,1-2H3/b4-3+. The first-order valence-electron chi connectivity index (χ1n) is 4.51. The number of benzene rings is 1. The van der Waals surface area contributed by atoms with E-state index in [1.54, 1.807) is 19.1 Å². The number of nitrogens with two attached hydrogens (primary N) is 1. The summed E-state index contributed by atoms with van der Waals surface area (Å²) in [6, 6.07) is 1.52. The maximum atomic E-state index is 13.4. The second-order valence-electron chi connectivity index (χ2n) is 3.06. The molecule has 82 valence electrons. The Kier molecular flexibility index (Phi) is 4.12. The normalized spacial score (nSPS) is 11.0. The zero-order valence-corrected chi connectivity index (χ0v) is 9.44. The SMILES string of the molecule is COc1c(/C=C/CN)cc(Cl)c(F)c1C. The second-order valence-corrected chi connectivity index (χ2v) is 3.47. The molecule has 0 aliphatic rings. The smallest absolute Gasteiger partial charge is 0.148 e. The highest BCUT2D eigenvalue weighted by molar-refractivity contribution is 6.31. The van der Waals surface area contributed by atoms with E-state index in [0.717, 1.165) is 5.56 Å². The average Bonchev–Trinajstić information content (AvgIpc) is 2.23. The monoisotopic (exact) mass is 229 g/mol. The Morgan fingerprint density at radius 3 is 2.80 bits per heavy atom. The number of methoxy groups -OCH3 is 1. The molecule has 0 fully saturated rings. The van der Waals surface area contributed by atoms with E-state index in [9.17, 15) is 4.39 Å². The summed E-state index contributed by atoms with van der Waals surface area (Å²) in [7, 11) is 1.50. The van der Waals surface area contributed by atoms with Gasteiger partial charge in [0.1, 0.15) is 11.6 Å². The van der Waals surface area contributed by atoms with Gasteiger partial charge in [0.25, 0.3) is 0 Å². The van der Waals surface area contributed by atoms with Crippen molar-refractivity contribution in [3.63, 3.8) is 0 Å². The van der Waals surface area contributed by atoms with Crippen molar-refractivity contribution >= 4 is 17.7 Å². The molecule has 4 heteroatoms. The zero-order valence-electron chi connectivity index (χ0n) is 8.68. The molecule has 0 amide bonds. The molecule has 0 bridgehead atoms. The van der Waals surface area contributed by atoms with Crippen molar-refractivity contribution in [3.8, 4) is 5.75 Å². The number of hydrogen-bond acceptors (Lipinski definition) is 2. The highest BCUT2D eigenvalue weighted by Gasteiger charge is 2.12. The van der Waals surface area contributed by atoms with Gasteiger partial charge in [0, 0.05) is 17.7 Å². The molecule has 0 saturated heterocycles. The highest BCUT2D eigenvalue weighted by atomic mass is 35.5. The van der Waals surface area contributed by atoms with Gasteiger partial charge in [-0.15, -0.1) is 0 Å². The van der Waals surface area contributed by atoms with Crippen LogP contribution in [0, 0.1) is 12.7 Å². The molecule has 1 aromatic carbocycles. The lowest BCUT2D eigenvalue weighted by molar-refractivity contribution is 0.406. The largest absolute Gasteiger partial charge is 0.496 e. The molecular weight excluding hydrogens is 217 g/mol. The molecule has 0 saturated carbocycles. The van der Waals surface area contributed by atoms with Crippen molar-refractivity contribution in [1.82, 2.24) is 0 Å². The summed E-state index contributed by atoms with van der Waals surface area (Å²) in [6.07, 6.45) is 3.52. The van der Waals surface area contributed by atoms with E-state index in [1.807, 2.05) is 0 Å². The van der Waals surface area contributed by atoms with Crippen LogP contribution in [0.15, 0.2) is 12.1 Å². The Morgan fingerprint density at radius 2 is 2.27 bits per heavy atom. The van der Waals surface area contributed by atoms with E-state index < -0.39 is 5.82 Å². The van der Waals surface area contributed by atoms with Crippen LogP contribution >= 0.6 is 11.6 Å². The van der Waals surface area contributed by atoms with Gasteiger partial charge in [0.15, 0.2) is 0 Å². The van der Waals surface area contributed by atoms with Crippen LogP contribution in [0.4, 0.5) is 4.39 Å². The Bertz CT molecular complexity index is 391. The first-order chi connectivity index (χ1) is 7.11. The number of hydrogen-bond donors (Lipinski definition) is 1. The van der Waals surface area contributed by atoms with E-state index >= 15 is 0 Å². The Morgan fingerprint density at radius 1 is 1.60 bits per heavy atom. The molecule has 0 atom stereocenters. The molecule has 15 heavy (non-hydrogen) atoms. The third-order valence-corrected chi connectivity index (χ3v) is 2.34. The zero-order chi connectivity index (χ0) is 11.4. The van der Waals surface area contributed by atoms with Crippen molar-refractivity contribution in [2.24, 2.45) is 5.73 Å². The minimum absolute atomic E-state index is 0.0879. The van der Waals surface area contributed by atoms with E-state index in [2.05, 4.69) is 0 Å². The maximum absolute atomic E-state index is 13.4. The van der Waals surface area contributed by atoms with Crippen LogP contribution in [0.25, 0.3) is 6.08 Å². The summed E-state index contributed by atoms with van der Waals surface area (Å²) in [4.78, 5) is 0. The van der Waals surface area contributed by atoms with Crippen molar-refractivity contribution in [2.45, 2.75) is 6.92 Å². The summed E-state index contributed by atoms with van der Waals surface area (Å²) in [5.41, 5.74) is 6.47. The highest BCUT2D eigenvalue weighted by Crippen LogP contribution is 2.31. The van der Waals surface area contributed by atoms with Crippen molar-refractivity contribution in [3.05, 3.63) is 34.1 Å². The fourth-order valence-corrected chi connectivity index (χ4v) is 1.61. The van der Waals surface area contributed by atoms with E-state index in [4.69, 9.17) is 22.1 Å². The minimum Gasteiger partial charge on any atom is -0.496 e. The quantitative estimate of drug-likeness (QED) is 0.865. The Balaban J connectivity index is 3.31. The van der Waals surface area contributed by atoms with Gasteiger partial charge in [-0.25, -0.2) is 4.39 Å². The molecule has 0 aliphatic heterocycles. The molecule has 0 aliphatic carbocycles. The van der Waals surface area contributed by atoms with Crippen LogP contribution in [0.3, 0.4) is 0 Å². The molecular formula is C11H13ClFNO. The van der Waals surface area contributed by atoms with Crippen LogP contribution in [0.5, 0.6) is 5.75 Å². The van der Waals surface area contributed by atoms with E-state index in [-0.39, 0.29) is 5.02 Å². The minimum atomic E-state index is -0.446. The van der Waals surface area contributed by atoms with Gasteiger partial charge in [0.05, 0.1) is 12.1 Å². The number of halogens is 2. The third kappa shape index (κ3) is 2.49. The summed E-state index contributed by atoms with van der Waals surface area (Å²) in [6.45, 7) is 2.04. The average molecular weight is 230 g/mol. The Labute approximate surface area is 93.5 Å². The lowest BCUT2D eigenvalue weighted by Gasteiger charge is -2.10. The fourth-order valence-electron chi connectivity index (χ4n) is 1.35.